The minimum Gasteiger partial charge on any atom is -0.316 e. The van der Waals surface area contributed by atoms with Crippen molar-refractivity contribution in [3.8, 4) is 0 Å². The zero-order valence-electron chi connectivity index (χ0n) is 12.9. The molecule has 2 rings (SSSR count). The summed E-state index contributed by atoms with van der Waals surface area (Å²) in [5.41, 5.74) is 0.401. The lowest BCUT2D eigenvalue weighted by molar-refractivity contribution is 0.167. The first kappa shape index (κ1) is 16.2. The quantitative estimate of drug-likeness (QED) is 0.819. The van der Waals surface area contributed by atoms with Crippen LogP contribution in [0.5, 0.6) is 0 Å². The van der Waals surface area contributed by atoms with Crippen LogP contribution in [0.4, 0.5) is 0 Å². The lowest BCUT2D eigenvalue weighted by atomic mass is 9.71. The molecule has 1 saturated carbocycles. The molecular weight excluding hydrogens is 286 g/mol. The van der Waals surface area contributed by atoms with Crippen molar-refractivity contribution in [2.24, 2.45) is 11.3 Å². The summed E-state index contributed by atoms with van der Waals surface area (Å²) in [5, 5.41) is 4.99. The Morgan fingerprint density at radius 1 is 1.20 bits per heavy atom. The van der Waals surface area contributed by atoms with Crippen molar-refractivity contribution in [2.75, 3.05) is 7.05 Å². The Bertz CT molecular complexity index is 441. The topological polar surface area (TPSA) is 12.0 Å². The lowest BCUT2D eigenvalue weighted by Crippen LogP contribution is -2.43. The fourth-order valence-electron chi connectivity index (χ4n) is 3.08. The van der Waals surface area contributed by atoms with E-state index in [1.54, 1.807) is 0 Å². The van der Waals surface area contributed by atoms with Crippen LogP contribution in [0.25, 0.3) is 0 Å². The molecule has 20 heavy (non-hydrogen) atoms. The maximum atomic E-state index is 6.32. The van der Waals surface area contributed by atoms with Gasteiger partial charge in [0.25, 0.3) is 0 Å². The van der Waals surface area contributed by atoms with Crippen LogP contribution < -0.4 is 5.32 Å². The van der Waals surface area contributed by atoms with Crippen molar-refractivity contribution >= 4 is 23.4 Å². The number of hydrogen-bond donors (Lipinski definition) is 1. The smallest absolute Gasteiger partial charge is 0.0541 e. The van der Waals surface area contributed by atoms with Crippen LogP contribution in [-0.4, -0.2) is 18.3 Å². The minimum atomic E-state index is 0.401. The zero-order valence-corrected chi connectivity index (χ0v) is 14.5. The Labute approximate surface area is 132 Å². The molecule has 1 aliphatic rings. The predicted octanol–water partition coefficient (Wildman–Crippen LogP) is 5.23. The molecule has 0 heterocycles. The van der Waals surface area contributed by atoms with E-state index in [-0.39, 0.29) is 0 Å². The first-order valence-electron chi connectivity index (χ1n) is 7.50. The van der Waals surface area contributed by atoms with E-state index in [1.165, 1.54) is 24.2 Å². The molecule has 0 radical (unpaired) electrons. The average molecular weight is 312 g/mol. The maximum absolute atomic E-state index is 6.32. The first-order valence-corrected chi connectivity index (χ1v) is 8.76. The van der Waals surface area contributed by atoms with Gasteiger partial charge in [-0.2, -0.15) is 0 Å². The Hall–Kier alpha value is -0.180. The summed E-state index contributed by atoms with van der Waals surface area (Å²) in [6.45, 7) is 7.11. The summed E-state index contributed by atoms with van der Waals surface area (Å²) in [6, 6.07) is 8.80. The summed E-state index contributed by atoms with van der Waals surface area (Å²) < 4.78 is 0. The van der Waals surface area contributed by atoms with Crippen molar-refractivity contribution in [1.29, 1.82) is 0 Å². The van der Waals surface area contributed by atoms with Crippen LogP contribution in [-0.2, 0) is 0 Å². The number of nitrogens with one attached hydrogen (secondary N) is 1. The van der Waals surface area contributed by atoms with Gasteiger partial charge in [-0.25, -0.2) is 0 Å². The second-order valence-electron chi connectivity index (χ2n) is 6.86. The van der Waals surface area contributed by atoms with Gasteiger partial charge in [0.15, 0.2) is 0 Å². The molecule has 3 unspecified atom stereocenters. The molecule has 0 aliphatic heterocycles. The van der Waals surface area contributed by atoms with Gasteiger partial charge in [0.05, 0.1) is 5.02 Å². The lowest BCUT2D eigenvalue weighted by Gasteiger charge is -2.41. The molecule has 1 N–H and O–H groups in total. The molecule has 0 spiro atoms. The minimum absolute atomic E-state index is 0.401. The number of halogens is 1. The Kier molecular flexibility index (Phi) is 5.44. The third-order valence-corrected chi connectivity index (χ3v) is 6.38. The first-order chi connectivity index (χ1) is 9.41. The molecule has 1 aromatic carbocycles. The highest BCUT2D eigenvalue weighted by molar-refractivity contribution is 8.00. The van der Waals surface area contributed by atoms with Gasteiger partial charge in [0.2, 0.25) is 0 Å². The number of rotatable bonds is 3. The number of benzene rings is 1. The Morgan fingerprint density at radius 3 is 2.50 bits per heavy atom. The number of thioether (sulfide) groups is 1. The standard InChI is InChI=1S/C17H26ClNS/c1-17(2,3)12-9-10-14(19-4)16(11-12)20-15-8-6-5-7-13(15)18/h5-8,12,14,16,19H,9-11H2,1-4H3. The Morgan fingerprint density at radius 2 is 1.90 bits per heavy atom. The molecule has 0 saturated heterocycles. The van der Waals surface area contributed by atoms with Gasteiger partial charge in [-0.05, 0) is 49.8 Å². The van der Waals surface area contributed by atoms with Gasteiger partial charge < -0.3 is 5.32 Å². The van der Waals surface area contributed by atoms with E-state index in [2.05, 4.69) is 45.3 Å². The van der Waals surface area contributed by atoms with E-state index in [9.17, 15) is 0 Å². The molecule has 3 atom stereocenters. The summed E-state index contributed by atoms with van der Waals surface area (Å²) in [6.07, 6.45) is 3.86. The molecule has 112 valence electrons. The number of hydrogen-bond acceptors (Lipinski definition) is 2. The predicted molar refractivity (Wildman–Crippen MR) is 90.7 cm³/mol. The molecule has 0 aromatic heterocycles. The van der Waals surface area contributed by atoms with Crippen LogP contribution in [0.3, 0.4) is 0 Å². The molecule has 1 aliphatic carbocycles. The van der Waals surface area contributed by atoms with Gasteiger partial charge in [-0.15, -0.1) is 11.8 Å². The largest absolute Gasteiger partial charge is 0.316 e. The summed E-state index contributed by atoms with van der Waals surface area (Å²) in [7, 11) is 2.09. The highest BCUT2D eigenvalue weighted by Crippen LogP contribution is 2.44. The third-order valence-electron chi connectivity index (χ3n) is 4.50. The summed E-state index contributed by atoms with van der Waals surface area (Å²) in [4.78, 5) is 1.22. The molecule has 1 aromatic rings. The SMILES string of the molecule is CNC1CCC(C(C)(C)C)CC1Sc1ccccc1Cl. The molecule has 1 nitrogen and oxygen atoms in total. The van der Waals surface area contributed by atoms with Gasteiger partial charge in [-0.1, -0.05) is 44.5 Å². The third kappa shape index (κ3) is 3.93. The summed E-state index contributed by atoms with van der Waals surface area (Å²) >= 11 is 8.27. The fraction of sp³-hybridized carbons (Fsp3) is 0.647. The normalized spacial score (nSPS) is 27.6. The van der Waals surface area contributed by atoms with Crippen molar-refractivity contribution in [2.45, 2.75) is 56.2 Å². The van der Waals surface area contributed by atoms with Crippen LogP contribution in [0, 0.1) is 11.3 Å². The van der Waals surface area contributed by atoms with Crippen LogP contribution in [0.1, 0.15) is 40.0 Å². The monoisotopic (exact) mass is 311 g/mol. The van der Waals surface area contributed by atoms with E-state index in [4.69, 9.17) is 11.6 Å². The van der Waals surface area contributed by atoms with Crippen LogP contribution in [0.2, 0.25) is 5.02 Å². The van der Waals surface area contributed by atoms with Crippen LogP contribution >= 0.6 is 23.4 Å². The zero-order chi connectivity index (χ0) is 14.8. The highest BCUT2D eigenvalue weighted by Gasteiger charge is 2.35. The molecule has 0 bridgehead atoms. The summed E-state index contributed by atoms with van der Waals surface area (Å²) in [5.74, 6) is 0.798. The fourth-order valence-corrected chi connectivity index (χ4v) is 4.78. The maximum Gasteiger partial charge on any atom is 0.0541 e. The van der Waals surface area contributed by atoms with Crippen molar-refractivity contribution in [1.82, 2.24) is 5.32 Å². The van der Waals surface area contributed by atoms with Crippen molar-refractivity contribution in [3.63, 3.8) is 0 Å². The van der Waals surface area contributed by atoms with E-state index in [0.717, 1.165) is 10.9 Å². The molecule has 0 amide bonds. The van der Waals surface area contributed by atoms with Crippen molar-refractivity contribution in [3.05, 3.63) is 29.3 Å². The Balaban J connectivity index is 2.12. The van der Waals surface area contributed by atoms with E-state index in [1.807, 2.05) is 23.9 Å². The second kappa shape index (κ2) is 6.72. The highest BCUT2D eigenvalue weighted by atomic mass is 35.5. The molecular formula is C17H26ClNS. The molecule has 1 fully saturated rings. The van der Waals surface area contributed by atoms with Crippen molar-refractivity contribution < 1.29 is 0 Å². The van der Waals surface area contributed by atoms with Crippen LogP contribution in [0.15, 0.2) is 29.2 Å². The van der Waals surface area contributed by atoms with Gasteiger partial charge >= 0.3 is 0 Å². The second-order valence-corrected chi connectivity index (χ2v) is 8.55. The van der Waals surface area contributed by atoms with Gasteiger partial charge in [0.1, 0.15) is 0 Å². The van der Waals surface area contributed by atoms with E-state index in [0.29, 0.717) is 16.7 Å². The van der Waals surface area contributed by atoms with Gasteiger partial charge in [-0.3, -0.25) is 0 Å². The molecule has 3 heteroatoms. The van der Waals surface area contributed by atoms with E-state index < -0.39 is 0 Å². The average Bonchev–Trinajstić information content (AvgIpc) is 2.40. The van der Waals surface area contributed by atoms with Gasteiger partial charge in [0, 0.05) is 16.2 Å². The van der Waals surface area contributed by atoms with E-state index >= 15 is 0 Å².